The van der Waals surface area contributed by atoms with Crippen LogP contribution in [0.3, 0.4) is 0 Å². The molecule has 0 spiro atoms. The molecule has 0 aliphatic rings. The number of halogens is 1. The fraction of sp³-hybridized carbons (Fsp3) is 0.429. The maximum absolute atomic E-state index is 14.0. The van der Waals surface area contributed by atoms with E-state index in [2.05, 4.69) is 25.2 Å². The van der Waals surface area contributed by atoms with Crippen LogP contribution in [0.1, 0.15) is 51.3 Å². The van der Waals surface area contributed by atoms with E-state index >= 15 is 0 Å². The van der Waals surface area contributed by atoms with E-state index in [1.54, 1.807) is 6.07 Å². The van der Waals surface area contributed by atoms with Gasteiger partial charge in [-0.25, -0.2) is 4.39 Å². The smallest absolute Gasteiger partial charge is 0.127 e. The fourth-order valence-corrected chi connectivity index (χ4v) is 2.95. The Bertz CT molecular complexity index is 701. The van der Waals surface area contributed by atoms with E-state index in [1.807, 2.05) is 45.0 Å². The molecular formula is C21H28FNO. The van der Waals surface area contributed by atoms with Gasteiger partial charge in [-0.05, 0) is 40.3 Å². The lowest BCUT2D eigenvalue weighted by molar-refractivity contribution is 0.278. The van der Waals surface area contributed by atoms with Crippen LogP contribution in [0.25, 0.3) is 0 Å². The molecule has 0 fully saturated rings. The van der Waals surface area contributed by atoms with Gasteiger partial charge in [-0.15, -0.1) is 0 Å². The van der Waals surface area contributed by atoms with Crippen LogP contribution in [-0.2, 0) is 17.4 Å². The zero-order valence-corrected chi connectivity index (χ0v) is 15.3. The molecular weight excluding hydrogens is 301 g/mol. The van der Waals surface area contributed by atoms with E-state index in [9.17, 15) is 9.50 Å². The summed E-state index contributed by atoms with van der Waals surface area (Å²) in [5.74, 6) is -0.169. The zero-order valence-electron chi connectivity index (χ0n) is 15.3. The van der Waals surface area contributed by atoms with E-state index in [0.29, 0.717) is 12.1 Å². The van der Waals surface area contributed by atoms with Gasteiger partial charge in [-0.1, -0.05) is 58.9 Å². The van der Waals surface area contributed by atoms with Crippen LogP contribution >= 0.6 is 0 Å². The summed E-state index contributed by atoms with van der Waals surface area (Å²) in [5, 5.41) is 13.0. The van der Waals surface area contributed by atoms with Gasteiger partial charge in [0.25, 0.3) is 0 Å². The van der Waals surface area contributed by atoms with Gasteiger partial charge in [-0.2, -0.15) is 0 Å². The molecule has 0 amide bonds. The van der Waals surface area contributed by atoms with E-state index < -0.39 is 0 Å². The Kier molecular flexibility index (Phi) is 5.34. The third-order valence-corrected chi connectivity index (χ3v) is 4.43. The molecule has 130 valence electrons. The topological polar surface area (TPSA) is 32.3 Å². The maximum atomic E-state index is 14.0. The molecule has 0 aliphatic heterocycles. The van der Waals surface area contributed by atoms with Gasteiger partial charge in [0.15, 0.2) is 0 Å². The molecule has 0 radical (unpaired) electrons. The molecule has 2 aromatic rings. The first-order valence-electron chi connectivity index (χ1n) is 8.38. The molecule has 2 aromatic carbocycles. The highest BCUT2D eigenvalue weighted by Gasteiger charge is 2.24. The van der Waals surface area contributed by atoms with E-state index in [4.69, 9.17) is 0 Å². The highest BCUT2D eigenvalue weighted by atomic mass is 19.1. The van der Waals surface area contributed by atoms with Crippen molar-refractivity contribution in [2.75, 3.05) is 11.9 Å². The highest BCUT2D eigenvalue weighted by molar-refractivity contribution is 5.49. The highest BCUT2D eigenvalue weighted by Crippen LogP contribution is 2.30. The molecule has 0 aliphatic carbocycles. The minimum atomic E-state index is -0.235. The molecule has 2 N–H and O–H groups in total. The molecule has 0 heterocycles. The van der Waals surface area contributed by atoms with Crippen molar-refractivity contribution in [1.29, 1.82) is 0 Å². The molecule has 2 rings (SSSR count). The standard InChI is InChI=1S/C21H28FNO/c1-20(2,3)18-12-16(10-11-19(18)22)23-14-21(4,5)17-9-7-6-8-15(17)13-24/h6-12,23-24H,13-14H2,1-5H3. The summed E-state index contributed by atoms with van der Waals surface area (Å²) in [6.07, 6.45) is 0. The second-order valence-corrected chi connectivity index (χ2v) is 8.00. The molecule has 0 atom stereocenters. The lowest BCUT2D eigenvalue weighted by Gasteiger charge is -2.29. The van der Waals surface area contributed by atoms with Crippen molar-refractivity contribution in [3.05, 3.63) is 65.0 Å². The molecule has 0 aromatic heterocycles. The van der Waals surface area contributed by atoms with Crippen molar-refractivity contribution in [1.82, 2.24) is 0 Å². The first-order chi connectivity index (χ1) is 11.1. The number of hydrogen-bond acceptors (Lipinski definition) is 2. The molecule has 0 unspecified atom stereocenters. The van der Waals surface area contributed by atoms with Crippen molar-refractivity contribution in [2.24, 2.45) is 0 Å². The van der Waals surface area contributed by atoms with Crippen LogP contribution in [0.4, 0.5) is 10.1 Å². The van der Waals surface area contributed by atoms with Crippen molar-refractivity contribution < 1.29 is 9.50 Å². The number of hydrogen-bond donors (Lipinski definition) is 2. The van der Waals surface area contributed by atoms with Gasteiger partial charge in [-0.3, -0.25) is 0 Å². The fourth-order valence-electron chi connectivity index (χ4n) is 2.95. The van der Waals surface area contributed by atoms with Crippen LogP contribution < -0.4 is 5.32 Å². The van der Waals surface area contributed by atoms with Gasteiger partial charge in [0, 0.05) is 17.6 Å². The van der Waals surface area contributed by atoms with E-state index in [-0.39, 0.29) is 23.3 Å². The average Bonchev–Trinajstić information content (AvgIpc) is 2.53. The third-order valence-electron chi connectivity index (χ3n) is 4.43. The second-order valence-electron chi connectivity index (χ2n) is 8.00. The van der Waals surface area contributed by atoms with Gasteiger partial charge in [0.1, 0.15) is 5.82 Å². The summed E-state index contributed by atoms with van der Waals surface area (Å²) < 4.78 is 14.0. The Hall–Kier alpha value is -1.87. The number of aliphatic hydroxyl groups excluding tert-OH is 1. The average molecular weight is 329 g/mol. The minimum Gasteiger partial charge on any atom is -0.392 e. The van der Waals surface area contributed by atoms with E-state index in [1.165, 1.54) is 6.07 Å². The number of aliphatic hydroxyl groups is 1. The normalized spacial score (nSPS) is 12.3. The Morgan fingerprint density at radius 1 is 0.958 bits per heavy atom. The lowest BCUT2D eigenvalue weighted by Crippen LogP contribution is -2.29. The SMILES string of the molecule is CC(C)(C)c1cc(NCC(C)(C)c2ccccc2CO)ccc1F. The van der Waals surface area contributed by atoms with Gasteiger partial charge in [0.2, 0.25) is 0 Å². The van der Waals surface area contributed by atoms with Crippen molar-refractivity contribution in [3.8, 4) is 0 Å². The van der Waals surface area contributed by atoms with Crippen LogP contribution in [0.2, 0.25) is 0 Å². The molecule has 24 heavy (non-hydrogen) atoms. The number of rotatable bonds is 5. The Labute approximate surface area is 144 Å². The van der Waals surface area contributed by atoms with Crippen molar-refractivity contribution in [2.45, 2.75) is 52.1 Å². The van der Waals surface area contributed by atoms with Crippen LogP contribution in [0.15, 0.2) is 42.5 Å². The quantitative estimate of drug-likeness (QED) is 0.808. The minimum absolute atomic E-state index is 0.0321. The van der Waals surface area contributed by atoms with Crippen LogP contribution in [0.5, 0.6) is 0 Å². The first kappa shape index (κ1) is 18.5. The summed E-state index contributed by atoms with van der Waals surface area (Å²) in [4.78, 5) is 0. The summed E-state index contributed by atoms with van der Waals surface area (Å²) in [6, 6.07) is 13.1. The Morgan fingerprint density at radius 3 is 2.25 bits per heavy atom. The summed E-state index contributed by atoms with van der Waals surface area (Å²) in [5.41, 5.74) is 3.30. The zero-order chi connectivity index (χ0) is 18.0. The molecule has 0 bridgehead atoms. The number of nitrogens with one attached hydrogen (secondary N) is 1. The molecule has 3 heteroatoms. The van der Waals surface area contributed by atoms with Gasteiger partial charge >= 0.3 is 0 Å². The Balaban J connectivity index is 2.21. The number of benzene rings is 2. The van der Waals surface area contributed by atoms with Gasteiger partial charge < -0.3 is 10.4 Å². The third kappa shape index (κ3) is 4.15. The monoisotopic (exact) mass is 329 g/mol. The predicted octanol–water partition coefficient (Wildman–Crippen LogP) is 5.01. The van der Waals surface area contributed by atoms with Crippen LogP contribution in [0, 0.1) is 5.82 Å². The molecule has 2 nitrogen and oxygen atoms in total. The largest absolute Gasteiger partial charge is 0.392 e. The van der Waals surface area contributed by atoms with Crippen LogP contribution in [-0.4, -0.2) is 11.7 Å². The molecule has 0 saturated carbocycles. The summed E-state index contributed by atoms with van der Waals surface area (Å²) in [6.45, 7) is 11.0. The Morgan fingerprint density at radius 2 is 1.62 bits per heavy atom. The summed E-state index contributed by atoms with van der Waals surface area (Å²) in [7, 11) is 0. The summed E-state index contributed by atoms with van der Waals surface area (Å²) >= 11 is 0. The number of anilines is 1. The predicted molar refractivity (Wildman–Crippen MR) is 99.0 cm³/mol. The molecule has 0 saturated heterocycles. The van der Waals surface area contributed by atoms with Crippen molar-refractivity contribution >= 4 is 5.69 Å². The van der Waals surface area contributed by atoms with Gasteiger partial charge in [0.05, 0.1) is 6.61 Å². The van der Waals surface area contributed by atoms with E-state index in [0.717, 1.165) is 16.8 Å². The maximum Gasteiger partial charge on any atom is 0.127 e. The second kappa shape index (κ2) is 6.94. The lowest BCUT2D eigenvalue weighted by atomic mass is 9.81. The first-order valence-corrected chi connectivity index (χ1v) is 8.38. The van der Waals surface area contributed by atoms with Crippen molar-refractivity contribution in [3.63, 3.8) is 0 Å².